The summed E-state index contributed by atoms with van der Waals surface area (Å²) in [6, 6.07) is 15.0. The van der Waals surface area contributed by atoms with Gasteiger partial charge in [-0.2, -0.15) is 5.26 Å². The number of carbonyl (C=O) groups excluding carboxylic acids is 2. The van der Waals surface area contributed by atoms with Gasteiger partial charge in [0.15, 0.2) is 0 Å². The van der Waals surface area contributed by atoms with E-state index in [0.29, 0.717) is 48.9 Å². The van der Waals surface area contributed by atoms with Crippen molar-refractivity contribution in [3.8, 4) is 17.6 Å². The zero-order valence-corrected chi connectivity index (χ0v) is 19.0. The molecule has 4 rings (SSSR count). The number of hydrogen-bond donors (Lipinski definition) is 0. The van der Waals surface area contributed by atoms with Crippen LogP contribution in [0.3, 0.4) is 0 Å². The summed E-state index contributed by atoms with van der Waals surface area (Å²) in [7, 11) is 3.13. The zero-order valence-electron chi connectivity index (χ0n) is 19.0. The van der Waals surface area contributed by atoms with E-state index in [1.807, 2.05) is 29.2 Å². The second kappa shape index (κ2) is 9.82. The molecule has 0 spiro atoms. The van der Waals surface area contributed by atoms with E-state index in [-0.39, 0.29) is 24.2 Å². The Kier molecular flexibility index (Phi) is 6.68. The Labute approximate surface area is 193 Å². The molecule has 0 bridgehead atoms. The Balaban J connectivity index is 1.41. The maximum Gasteiger partial charge on any atom is 0.228 e. The topological polar surface area (TPSA) is 86.1 Å². The van der Waals surface area contributed by atoms with Crippen molar-refractivity contribution in [3.63, 3.8) is 0 Å². The highest BCUT2D eigenvalue weighted by Crippen LogP contribution is 2.36. The molecule has 0 N–H and O–H groups in total. The fourth-order valence-electron chi connectivity index (χ4n) is 4.51. The van der Waals surface area contributed by atoms with Gasteiger partial charge in [-0.05, 0) is 42.8 Å². The molecule has 1 unspecified atom stereocenters. The summed E-state index contributed by atoms with van der Waals surface area (Å²) in [5.41, 5.74) is 2.34. The van der Waals surface area contributed by atoms with Crippen LogP contribution in [0, 0.1) is 17.2 Å². The molecule has 2 aromatic rings. The van der Waals surface area contributed by atoms with Crippen LogP contribution in [0.4, 0.5) is 11.4 Å². The van der Waals surface area contributed by atoms with Crippen LogP contribution in [-0.4, -0.2) is 63.7 Å². The first-order chi connectivity index (χ1) is 16.0. The third-order valence-electron chi connectivity index (χ3n) is 6.32. The summed E-state index contributed by atoms with van der Waals surface area (Å²) in [6.07, 6.45) is 1.05. The number of anilines is 2. The number of carbonyl (C=O) groups is 2. The summed E-state index contributed by atoms with van der Waals surface area (Å²) in [4.78, 5) is 31.9. The average molecular weight is 449 g/mol. The standard InChI is InChI=1S/C25H28N4O4/c1-32-21-8-9-22(23(15-21)33-2)29-17-19(14-24(29)30)25(31)28-11-3-10-27(12-13-28)20-6-4-18(16-26)5-7-20/h4-9,15,19H,3,10-14,17H2,1-2H3. The lowest BCUT2D eigenvalue weighted by Crippen LogP contribution is -2.40. The van der Waals surface area contributed by atoms with Gasteiger partial charge in [0.2, 0.25) is 11.8 Å². The number of ether oxygens (including phenoxy) is 2. The highest BCUT2D eigenvalue weighted by Gasteiger charge is 2.38. The van der Waals surface area contributed by atoms with E-state index in [4.69, 9.17) is 14.7 Å². The normalized spacial score (nSPS) is 18.6. The molecule has 8 nitrogen and oxygen atoms in total. The number of methoxy groups -OCH3 is 2. The number of benzene rings is 2. The number of hydrogen-bond acceptors (Lipinski definition) is 6. The van der Waals surface area contributed by atoms with Gasteiger partial charge in [0.1, 0.15) is 11.5 Å². The molecule has 172 valence electrons. The van der Waals surface area contributed by atoms with E-state index < -0.39 is 0 Å². The molecule has 2 aliphatic rings. The van der Waals surface area contributed by atoms with Crippen molar-refractivity contribution in [2.75, 3.05) is 56.7 Å². The molecule has 0 saturated carbocycles. The van der Waals surface area contributed by atoms with Gasteiger partial charge in [0.25, 0.3) is 0 Å². The molecule has 2 aliphatic heterocycles. The predicted octanol–water partition coefficient (Wildman–Crippen LogP) is 2.67. The SMILES string of the molecule is COc1ccc(N2CC(C(=O)N3CCCN(c4ccc(C#N)cc4)CC3)CC2=O)c(OC)c1. The Hall–Kier alpha value is -3.73. The summed E-state index contributed by atoms with van der Waals surface area (Å²) < 4.78 is 10.7. The molecule has 2 heterocycles. The lowest BCUT2D eigenvalue weighted by atomic mass is 10.1. The minimum absolute atomic E-state index is 0.0278. The largest absolute Gasteiger partial charge is 0.497 e. The summed E-state index contributed by atoms with van der Waals surface area (Å²) in [6.45, 7) is 3.18. The summed E-state index contributed by atoms with van der Waals surface area (Å²) >= 11 is 0. The fraction of sp³-hybridized carbons (Fsp3) is 0.400. The Morgan fingerprint density at radius 2 is 1.82 bits per heavy atom. The Morgan fingerprint density at radius 3 is 2.52 bits per heavy atom. The average Bonchev–Trinajstić information content (AvgIpc) is 3.07. The zero-order chi connectivity index (χ0) is 23.4. The smallest absolute Gasteiger partial charge is 0.228 e. The van der Waals surface area contributed by atoms with E-state index in [1.165, 1.54) is 0 Å². The Morgan fingerprint density at radius 1 is 1.03 bits per heavy atom. The molecule has 0 aromatic heterocycles. The van der Waals surface area contributed by atoms with Crippen LogP contribution in [0.1, 0.15) is 18.4 Å². The van der Waals surface area contributed by atoms with Crippen molar-refractivity contribution < 1.29 is 19.1 Å². The summed E-state index contributed by atoms with van der Waals surface area (Å²) in [5, 5.41) is 9.00. The third kappa shape index (κ3) is 4.72. The molecule has 8 heteroatoms. The second-order valence-corrected chi connectivity index (χ2v) is 8.27. The monoisotopic (exact) mass is 448 g/mol. The van der Waals surface area contributed by atoms with Crippen LogP contribution in [-0.2, 0) is 9.59 Å². The molecular formula is C25H28N4O4. The van der Waals surface area contributed by atoms with E-state index in [2.05, 4.69) is 11.0 Å². The second-order valence-electron chi connectivity index (χ2n) is 8.27. The van der Waals surface area contributed by atoms with Gasteiger partial charge < -0.3 is 24.2 Å². The first-order valence-corrected chi connectivity index (χ1v) is 11.1. The van der Waals surface area contributed by atoms with Gasteiger partial charge in [-0.1, -0.05) is 0 Å². The van der Waals surface area contributed by atoms with Crippen LogP contribution < -0.4 is 19.3 Å². The molecule has 2 saturated heterocycles. The first kappa shape index (κ1) is 22.5. The van der Waals surface area contributed by atoms with Gasteiger partial charge in [-0.3, -0.25) is 9.59 Å². The molecular weight excluding hydrogens is 420 g/mol. The van der Waals surface area contributed by atoms with Crippen molar-refractivity contribution in [1.82, 2.24) is 4.90 Å². The number of amides is 2. The third-order valence-corrected chi connectivity index (χ3v) is 6.32. The molecule has 0 radical (unpaired) electrons. The highest BCUT2D eigenvalue weighted by atomic mass is 16.5. The minimum atomic E-state index is -0.370. The van der Waals surface area contributed by atoms with Crippen molar-refractivity contribution >= 4 is 23.2 Å². The molecule has 2 amide bonds. The van der Waals surface area contributed by atoms with Crippen LogP contribution >= 0.6 is 0 Å². The predicted molar refractivity (Wildman–Crippen MR) is 125 cm³/mol. The molecule has 2 fully saturated rings. The number of nitriles is 1. The molecule has 33 heavy (non-hydrogen) atoms. The molecule has 1 atom stereocenters. The van der Waals surface area contributed by atoms with Crippen molar-refractivity contribution in [1.29, 1.82) is 5.26 Å². The highest BCUT2D eigenvalue weighted by molar-refractivity contribution is 6.01. The first-order valence-electron chi connectivity index (χ1n) is 11.1. The van der Waals surface area contributed by atoms with E-state index in [0.717, 1.165) is 18.7 Å². The van der Waals surface area contributed by atoms with Gasteiger partial charge in [0, 0.05) is 50.9 Å². The van der Waals surface area contributed by atoms with Gasteiger partial charge in [-0.25, -0.2) is 0 Å². The van der Waals surface area contributed by atoms with Gasteiger partial charge in [0.05, 0.1) is 37.5 Å². The minimum Gasteiger partial charge on any atom is -0.497 e. The number of nitrogens with zero attached hydrogens (tertiary/aromatic N) is 4. The van der Waals surface area contributed by atoms with Gasteiger partial charge in [-0.15, -0.1) is 0 Å². The van der Waals surface area contributed by atoms with Crippen molar-refractivity contribution in [2.24, 2.45) is 5.92 Å². The summed E-state index contributed by atoms with van der Waals surface area (Å²) in [5.74, 6) is 0.770. The maximum absolute atomic E-state index is 13.3. The van der Waals surface area contributed by atoms with Crippen molar-refractivity contribution in [3.05, 3.63) is 48.0 Å². The van der Waals surface area contributed by atoms with E-state index in [9.17, 15) is 9.59 Å². The lowest BCUT2D eigenvalue weighted by molar-refractivity contribution is -0.135. The van der Waals surface area contributed by atoms with Crippen LogP contribution in [0.2, 0.25) is 0 Å². The Bertz CT molecular complexity index is 1060. The molecule has 0 aliphatic carbocycles. The van der Waals surface area contributed by atoms with E-state index in [1.54, 1.807) is 37.3 Å². The van der Waals surface area contributed by atoms with Crippen molar-refractivity contribution in [2.45, 2.75) is 12.8 Å². The fourth-order valence-corrected chi connectivity index (χ4v) is 4.51. The van der Waals surface area contributed by atoms with Crippen LogP contribution in [0.5, 0.6) is 11.5 Å². The van der Waals surface area contributed by atoms with E-state index >= 15 is 0 Å². The quantitative estimate of drug-likeness (QED) is 0.699. The molecule has 2 aromatic carbocycles. The van der Waals surface area contributed by atoms with Crippen LogP contribution in [0.15, 0.2) is 42.5 Å². The van der Waals surface area contributed by atoms with Gasteiger partial charge >= 0.3 is 0 Å². The number of rotatable bonds is 5. The maximum atomic E-state index is 13.3. The van der Waals surface area contributed by atoms with Crippen LogP contribution in [0.25, 0.3) is 0 Å². The lowest BCUT2D eigenvalue weighted by Gasteiger charge is -2.25.